The molecule has 0 saturated carbocycles. The Bertz CT molecular complexity index is 1480. The first-order valence-electron chi connectivity index (χ1n) is 12.6. The molecular formula is C30H33N3O4S. The molecular weight excluding hydrogens is 498 g/mol. The fraction of sp³-hybridized carbons (Fsp3) is 0.300. The molecule has 4 aromatic rings. The molecule has 0 saturated heterocycles. The molecule has 4 rings (SSSR count). The van der Waals surface area contributed by atoms with Gasteiger partial charge < -0.3 is 15.5 Å². The van der Waals surface area contributed by atoms with Crippen LogP contribution in [0.25, 0.3) is 21.7 Å². The average molecular weight is 532 g/mol. The van der Waals surface area contributed by atoms with Crippen molar-refractivity contribution in [2.24, 2.45) is 5.73 Å². The van der Waals surface area contributed by atoms with Gasteiger partial charge in [0.25, 0.3) is 5.91 Å². The number of rotatable bonds is 11. The number of Topliss-reactive ketones (excluding diaryl/α,β-unsaturated/α-hetero) is 1. The predicted molar refractivity (Wildman–Crippen MR) is 155 cm³/mol. The highest BCUT2D eigenvalue weighted by Gasteiger charge is 2.29. The van der Waals surface area contributed by atoms with Crippen LogP contribution in [0.4, 0.5) is 5.69 Å². The monoisotopic (exact) mass is 531 g/mol. The first kappa shape index (κ1) is 27.4. The van der Waals surface area contributed by atoms with Gasteiger partial charge in [-0.05, 0) is 79.1 Å². The summed E-state index contributed by atoms with van der Waals surface area (Å²) in [6.45, 7) is 3.47. The second-order valence-corrected chi connectivity index (χ2v) is 10.5. The number of H-pyrrole nitrogens is 1. The number of benzene rings is 3. The molecule has 0 radical (unpaired) electrons. The van der Waals surface area contributed by atoms with Gasteiger partial charge >= 0.3 is 0 Å². The van der Waals surface area contributed by atoms with E-state index in [0.717, 1.165) is 38.7 Å². The van der Waals surface area contributed by atoms with Crippen molar-refractivity contribution in [3.05, 3.63) is 71.9 Å². The number of anilines is 1. The number of amides is 2. The van der Waals surface area contributed by atoms with Gasteiger partial charge in [-0.1, -0.05) is 30.3 Å². The second kappa shape index (κ2) is 12.3. The van der Waals surface area contributed by atoms with Crippen molar-refractivity contribution in [3.63, 3.8) is 0 Å². The van der Waals surface area contributed by atoms with E-state index in [1.54, 1.807) is 20.1 Å². The van der Waals surface area contributed by atoms with Crippen LogP contribution >= 0.6 is 11.8 Å². The van der Waals surface area contributed by atoms with Gasteiger partial charge in [0, 0.05) is 16.6 Å². The van der Waals surface area contributed by atoms with Crippen molar-refractivity contribution in [2.45, 2.75) is 39.2 Å². The molecule has 0 bridgehead atoms. The largest absolute Gasteiger partial charge is 0.497 e. The summed E-state index contributed by atoms with van der Waals surface area (Å²) >= 11 is 1.53. The van der Waals surface area contributed by atoms with Crippen LogP contribution in [0.15, 0.2) is 60.7 Å². The summed E-state index contributed by atoms with van der Waals surface area (Å²) in [4.78, 5) is 43.3. The number of nitrogens with zero attached hydrogens (tertiary/aromatic N) is 1. The van der Waals surface area contributed by atoms with Gasteiger partial charge in [-0.3, -0.25) is 14.4 Å². The van der Waals surface area contributed by atoms with Gasteiger partial charge in [0.2, 0.25) is 5.91 Å². The zero-order valence-corrected chi connectivity index (χ0v) is 22.8. The number of hydrogen-bond acceptors (Lipinski definition) is 6. The minimum Gasteiger partial charge on any atom is -0.497 e. The third-order valence-electron chi connectivity index (χ3n) is 6.54. The lowest BCUT2D eigenvalue weighted by Gasteiger charge is -2.25. The Hall–Kier alpha value is -3.62. The number of imide groups is 1. The van der Waals surface area contributed by atoms with E-state index in [0.29, 0.717) is 30.0 Å². The third-order valence-corrected chi connectivity index (χ3v) is 7.73. The van der Waals surface area contributed by atoms with E-state index in [1.165, 1.54) is 16.7 Å². The van der Waals surface area contributed by atoms with Crippen LogP contribution in [-0.2, 0) is 20.8 Å². The Kier molecular flexibility index (Phi) is 8.86. The molecule has 0 spiro atoms. The van der Waals surface area contributed by atoms with Crippen molar-refractivity contribution < 1.29 is 19.1 Å². The summed E-state index contributed by atoms with van der Waals surface area (Å²) in [6, 6.07) is 18.2. The lowest BCUT2D eigenvalue weighted by molar-refractivity contribution is -0.127. The topological polar surface area (TPSA) is 105 Å². The van der Waals surface area contributed by atoms with Crippen LogP contribution in [0.1, 0.15) is 31.0 Å². The summed E-state index contributed by atoms with van der Waals surface area (Å²) in [5.41, 5.74) is 9.41. The number of ether oxygens (including phenoxy) is 1. The van der Waals surface area contributed by atoms with Crippen LogP contribution in [0, 0.1) is 6.92 Å². The number of carbonyl (C=O) groups is 3. The van der Waals surface area contributed by atoms with Crippen molar-refractivity contribution in [3.8, 4) is 5.75 Å². The molecule has 3 N–H and O–H groups in total. The minimum atomic E-state index is -0.840. The van der Waals surface area contributed by atoms with E-state index in [1.807, 2.05) is 61.5 Å². The fourth-order valence-corrected chi connectivity index (χ4v) is 5.37. The maximum absolute atomic E-state index is 13.9. The van der Waals surface area contributed by atoms with E-state index in [9.17, 15) is 14.4 Å². The van der Waals surface area contributed by atoms with Gasteiger partial charge in [-0.2, -0.15) is 11.8 Å². The smallest absolute Gasteiger partial charge is 0.250 e. The molecule has 7 nitrogen and oxygen atoms in total. The van der Waals surface area contributed by atoms with Gasteiger partial charge in [-0.15, -0.1) is 0 Å². The molecule has 1 atom stereocenters. The number of fused-ring (bicyclic) bond motifs is 2. The molecule has 3 aromatic carbocycles. The molecule has 38 heavy (non-hydrogen) atoms. The Balaban J connectivity index is 1.63. The van der Waals surface area contributed by atoms with Crippen LogP contribution in [0.2, 0.25) is 0 Å². The van der Waals surface area contributed by atoms with Gasteiger partial charge in [-0.25, -0.2) is 4.90 Å². The Labute approximate surface area is 226 Å². The van der Waals surface area contributed by atoms with Gasteiger partial charge in [0.1, 0.15) is 11.5 Å². The van der Waals surface area contributed by atoms with Crippen molar-refractivity contribution in [1.29, 1.82) is 0 Å². The highest BCUT2D eigenvalue weighted by atomic mass is 32.2. The third kappa shape index (κ3) is 6.26. The average Bonchev–Trinajstić information content (AvgIpc) is 3.21. The fourth-order valence-electron chi connectivity index (χ4n) is 4.57. The summed E-state index contributed by atoms with van der Waals surface area (Å²) in [5.74, 6) is 1.20. The lowest BCUT2D eigenvalue weighted by Crippen LogP contribution is -2.47. The van der Waals surface area contributed by atoms with E-state index in [-0.39, 0.29) is 18.1 Å². The summed E-state index contributed by atoms with van der Waals surface area (Å²) in [6.07, 6.45) is 1.12. The Morgan fingerprint density at radius 1 is 1.05 bits per heavy atom. The zero-order valence-electron chi connectivity index (χ0n) is 22.0. The number of aromatic nitrogens is 1. The number of thioether (sulfide) groups is 1. The number of nitrogens with one attached hydrogen (secondary N) is 1. The lowest BCUT2D eigenvalue weighted by atomic mass is 10.0. The Morgan fingerprint density at radius 3 is 2.55 bits per heavy atom. The summed E-state index contributed by atoms with van der Waals surface area (Å²) in [5, 5.41) is 2.83. The van der Waals surface area contributed by atoms with Gasteiger partial charge in [0.15, 0.2) is 0 Å². The van der Waals surface area contributed by atoms with Crippen molar-refractivity contribution in [2.75, 3.05) is 23.5 Å². The highest BCUT2D eigenvalue weighted by molar-refractivity contribution is 7.99. The number of methoxy groups -OCH3 is 1. The molecule has 0 fully saturated rings. The standard InChI is InChI=1S/C30H33N3O4S/c1-19(34)18-38-14-6-9-27(31)30(36)33(23-11-10-21-7-4-5-8-22(21)15-23)29(35)17-25-20(2)32-28-13-12-24(37-3)16-26(25)28/h4-5,7-8,10-13,15-16,27,32H,6,9,14,17-18,31H2,1-3H3/t27-/m0/s1. The van der Waals surface area contributed by atoms with E-state index >= 15 is 0 Å². The SMILES string of the molecule is COc1ccc2[nH]c(C)c(CC(=O)N(C(=O)[C@@H](N)CCCSCC(C)=O)c3ccc4ccccc4c3)c2c1. The normalized spacial score (nSPS) is 12.0. The van der Waals surface area contributed by atoms with Crippen LogP contribution in [-0.4, -0.2) is 47.2 Å². The van der Waals surface area contributed by atoms with E-state index in [2.05, 4.69) is 4.98 Å². The summed E-state index contributed by atoms with van der Waals surface area (Å²) in [7, 11) is 1.60. The quantitative estimate of drug-likeness (QED) is 0.259. The molecule has 0 aliphatic heterocycles. The van der Waals surface area contributed by atoms with E-state index in [4.69, 9.17) is 10.5 Å². The zero-order chi connectivity index (χ0) is 27.2. The molecule has 0 aliphatic rings. The van der Waals surface area contributed by atoms with E-state index < -0.39 is 11.9 Å². The molecule has 0 unspecified atom stereocenters. The minimum absolute atomic E-state index is 0.0265. The molecule has 198 valence electrons. The predicted octanol–water partition coefficient (Wildman–Crippen LogP) is 5.17. The molecule has 8 heteroatoms. The van der Waals surface area contributed by atoms with Crippen LogP contribution < -0.4 is 15.4 Å². The van der Waals surface area contributed by atoms with Crippen molar-refractivity contribution in [1.82, 2.24) is 4.98 Å². The van der Waals surface area contributed by atoms with Crippen LogP contribution in [0.5, 0.6) is 5.75 Å². The number of aromatic amines is 1. The molecule has 0 aliphatic carbocycles. The maximum Gasteiger partial charge on any atom is 0.250 e. The molecule has 1 aromatic heterocycles. The highest BCUT2D eigenvalue weighted by Crippen LogP contribution is 2.29. The number of ketones is 1. The van der Waals surface area contributed by atoms with Gasteiger partial charge in [0.05, 0.1) is 31.0 Å². The number of carbonyl (C=O) groups excluding carboxylic acids is 3. The molecule has 2 amide bonds. The number of nitrogens with two attached hydrogens (primary N) is 1. The first-order valence-corrected chi connectivity index (χ1v) is 13.8. The molecule has 1 heterocycles. The maximum atomic E-state index is 13.9. The second-order valence-electron chi connectivity index (χ2n) is 9.42. The van der Waals surface area contributed by atoms with Crippen molar-refractivity contribution >= 4 is 56.7 Å². The Morgan fingerprint density at radius 2 is 1.82 bits per heavy atom. The number of aryl methyl sites for hydroxylation is 1. The summed E-state index contributed by atoms with van der Waals surface area (Å²) < 4.78 is 5.39. The van der Waals surface area contributed by atoms with Crippen LogP contribution in [0.3, 0.4) is 0 Å². The first-order chi connectivity index (χ1) is 18.3. The number of hydrogen-bond donors (Lipinski definition) is 2.